The van der Waals surface area contributed by atoms with Gasteiger partial charge in [-0.2, -0.15) is 0 Å². The lowest BCUT2D eigenvalue weighted by Gasteiger charge is -2.28. The summed E-state index contributed by atoms with van der Waals surface area (Å²) in [4.78, 5) is 14.6. The molecule has 1 fully saturated rings. The van der Waals surface area contributed by atoms with Crippen molar-refractivity contribution < 1.29 is 9.53 Å². The predicted octanol–water partition coefficient (Wildman–Crippen LogP) is 2.13. The molecular weight excluding hydrogens is 349 g/mol. The Morgan fingerprint density at radius 2 is 1.94 bits per heavy atom. The van der Waals surface area contributed by atoms with E-state index in [9.17, 15) is 4.79 Å². The van der Waals surface area contributed by atoms with Gasteiger partial charge in [-0.1, -0.05) is 24.4 Å². The largest absolute Gasteiger partial charge is 0.378 e. The van der Waals surface area contributed by atoms with Crippen LogP contribution in [0, 0.1) is 3.57 Å². The van der Waals surface area contributed by atoms with Crippen molar-refractivity contribution in [1.29, 1.82) is 0 Å². The number of hydrogen-bond donors (Lipinski definition) is 0. The molecule has 0 saturated carbocycles. The van der Waals surface area contributed by atoms with Crippen LogP contribution in [-0.4, -0.2) is 42.0 Å². The second kappa shape index (κ2) is 5.88. The summed E-state index contributed by atoms with van der Waals surface area (Å²) in [6.45, 7) is 2.68. The van der Waals surface area contributed by atoms with Crippen molar-refractivity contribution >= 4 is 45.6 Å². The zero-order valence-corrected chi connectivity index (χ0v) is 12.2. The van der Waals surface area contributed by atoms with Crippen LogP contribution in [0.25, 0.3) is 0 Å². The number of rotatable bonds is 2. The lowest BCUT2D eigenvalue weighted by atomic mass is 10.1. The molecule has 0 spiro atoms. The molecule has 1 aliphatic rings. The summed E-state index contributed by atoms with van der Waals surface area (Å²) in [6, 6.07) is 7.50. The Bertz CT molecular complexity index is 444. The van der Waals surface area contributed by atoms with E-state index in [4.69, 9.17) is 17.0 Å². The Balaban J connectivity index is 2.14. The zero-order valence-electron chi connectivity index (χ0n) is 9.19. The summed E-state index contributed by atoms with van der Waals surface area (Å²) in [7, 11) is 0. The highest BCUT2D eigenvalue weighted by Crippen LogP contribution is 2.14. The molecule has 0 radical (unpaired) electrons. The molecule has 0 unspecified atom stereocenters. The first-order chi connectivity index (χ1) is 8.20. The summed E-state index contributed by atoms with van der Waals surface area (Å²) >= 11 is 7.41. The van der Waals surface area contributed by atoms with E-state index in [2.05, 4.69) is 22.6 Å². The van der Waals surface area contributed by atoms with Gasteiger partial charge in [0.25, 0.3) is 0 Å². The number of hydrogen-bond acceptors (Lipinski definition) is 3. The molecule has 5 heteroatoms. The van der Waals surface area contributed by atoms with Crippen molar-refractivity contribution in [2.75, 3.05) is 26.3 Å². The minimum atomic E-state index is -0.0631. The topological polar surface area (TPSA) is 29.5 Å². The SMILES string of the molecule is O=C(C(=S)N1CCOCC1)c1ccccc1I. The van der Waals surface area contributed by atoms with E-state index in [-0.39, 0.29) is 5.78 Å². The van der Waals surface area contributed by atoms with E-state index in [0.29, 0.717) is 36.9 Å². The first kappa shape index (κ1) is 12.9. The summed E-state index contributed by atoms with van der Waals surface area (Å²) in [5.41, 5.74) is 0.685. The van der Waals surface area contributed by atoms with Crippen LogP contribution in [0.5, 0.6) is 0 Å². The van der Waals surface area contributed by atoms with Gasteiger partial charge in [-0.05, 0) is 34.7 Å². The average Bonchev–Trinajstić information content (AvgIpc) is 2.39. The quantitative estimate of drug-likeness (QED) is 0.459. The number of thiocarbonyl (C=S) groups is 1. The number of benzene rings is 1. The number of nitrogens with zero attached hydrogens (tertiary/aromatic N) is 1. The van der Waals surface area contributed by atoms with Gasteiger partial charge in [0, 0.05) is 22.2 Å². The van der Waals surface area contributed by atoms with Crippen molar-refractivity contribution in [2.24, 2.45) is 0 Å². The van der Waals surface area contributed by atoms with Crippen LogP contribution >= 0.6 is 34.8 Å². The smallest absolute Gasteiger partial charge is 0.221 e. The number of ketones is 1. The van der Waals surface area contributed by atoms with Crippen LogP contribution in [0.4, 0.5) is 0 Å². The second-order valence-corrected chi connectivity index (χ2v) is 5.26. The Kier molecular flexibility index (Phi) is 4.47. The van der Waals surface area contributed by atoms with Crippen molar-refractivity contribution in [3.8, 4) is 0 Å². The van der Waals surface area contributed by atoms with E-state index in [0.717, 1.165) is 3.57 Å². The lowest BCUT2D eigenvalue weighted by Crippen LogP contribution is -2.43. The maximum absolute atomic E-state index is 12.2. The Morgan fingerprint density at radius 3 is 2.59 bits per heavy atom. The highest BCUT2D eigenvalue weighted by atomic mass is 127. The van der Waals surface area contributed by atoms with E-state index in [1.54, 1.807) is 0 Å². The lowest BCUT2D eigenvalue weighted by molar-refractivity contribution is 0.0670. The molecule has 0 bridgehead atoms. The molecule has 3 nitrogen and oxygen atoms in total. The van der Waals surface area contributed by atoms with Crippen LogP contribution < -0.4 is 0 Å². The second-order valence-electron chi connectivity index (χ2n) is 3.71. The molecule has 0 aliphatic carbocycles. The van der Waals surface area contributed by atoms with Gasteiger partial charge >= 0.3 is 0 Å². The first-order valence-electron chi connectivity index (χ1n) is 5.36. The van der Waals surface area contributed by atoms with Crippen molar-refractivity contribution in [3.05, 3.63) is 33.4 Å². The number of carbonyl (C=O) groups excluding carboxylic acids is 1. The standard InChI is InChI=1S/C12H12INO2S/c13-10-4-2-1-3-9(10)11(15)12(17)14-5-7-16-8-6-14/h1-4H,5-8H2. The van der Waals surface area contributed by atoms with Gasteiger partial charge in [0.05, 0.1) is 13.2 Å². The van der Waals surface area contributed by atoms with E-state index in [1.165, 1.54) is 0 Å². The minimum absolute atomic E-state index is 0.0631. The maximum Gasteiger partial charge on any atom is 0.221 e. The predicted molar refractivity (Wildman–Crippen MR) is 78.5 cm³/mol. The van der Waals surface area contributed by atoms with Gasteiger partial charge < -0.3 is 9.64 Å². The van der Waals surface area contributed by atoms with E-state index < -0.39 is 0 Å². The number of carbonyl (C=O) groups is 1. The normalized spacial score (nSPS) is 15.7. The van der Waals surface area contributed by atoms with Crippen molar-refractivity contribution in [2.45, 2.75) is 0 Å². The molecule has 17 heavy (non-hydrogen) atoms. The first-order valence-corrected chi connectivity index (χ1v) is 6.84. The maximum atomic E-state index is 12.2. The highest BCUT2D eigenvalue weighted by Gasteiger charge is 2.22. The van der Waals surface area contributed by atoms with Crippen LogP contribution in [0.3, 0.4) is 0 Å². The molecular formula is C12H12INO2S. The number of halogens is 1. The molecule has 1 heterocycles. The third-order valence-corrected chi connectivity index (χ3v) is 4.00. The zero-order chi connectivity index (χ0) is 12.3. The fourth-order valence-corrected chi connectivity index (χ4v) is 2.60. The number of ether oxygens (including phenoxy) is 1. The van der Waals surface area contributed by atoms with Gasteiger partial charge in [-0.15, -0.1) is 0 Å². The number of morpholine rings is 1. The van der Waals surface area contributed by atoms with Gasteiger partial charge in [0.15, 0.2) is 4.99 Å². The van der Waals surface area contributed by atoms with Crippen molar-refractivity contribution in [3.63, 3.8) is 0 Å². The summed E-state index contributed by atoms with van der Waals surface area (Å²) in [5, 5.41) is 0. The Morgan fingerprint density at radius 1 is 1.29 bits per heavy atom. The summed E-state index contributed by atoms with van der Waals surface area (Å²) in [6.07, 6.45) is 0. The van der Waals surface area contributed by atoms with Crippen molar-refractivity contribution in [1.82, 2.24) is 4.90 Å². The average molecular weight is 361 g/mol. The van der Waals surface area contributed by atoms with Crippen LogP contribution in [0.1, 0.15) is 10.4 Å². The van der Waals surface area contributed by atoms with Crippen LogP contribution in [0.15, 0.2) is 24.3 Å². The monoisotopic (exact) mass is 361 g/mol. The van der Waals surface area contributed by atoms with Gasteiger partial charge in [0.2, 0.25) is 5.78 Å². The van der Waals surface area contributed by atoms with E-state index in [1.807, 2.05) is 29.2 Å². The minimum Gasteiger partial charge on any atom is -0.378 e. The molecule has 2 rings (SSSR count). The summed E-state index contributed by atoms with van der Waals surface area (Å²) in [5.74, 6) is -0.0631. The van der Waals surface area contributed by atoms with Gasteiger partial charge in [-0.3, -0.25) is 4.79 Å². The molecule has 1 aromatic rings. The third-order valence-electron chi connectivity index (χ3n) is 2.61. The molecule has 1 aliphatic heterocycles. The molecule has 1 aromatic carbocycles. The molecule has 0 aromatic heterocycles. The van der Waals surface area contributed by atoms with Crippen LogP contribution in [-0.2, 0) is 4.74 Å². The van der Waals surface area contributed by atoms with Gasteiger partial charge in [-0.25, -0.2) is 0 Å². The molecule has 1 saturated heterocycles. The molecule has 0 N–H and O–H groups in total. The Hall–Kier alpha value is -0.530. The van der Waals surface area contributed by atoms with E-state index >= 15 is 0 Å². The molecule has 0 amide bonds. The van der Waals surface area contributed by atoms with Crippen LogP contribution in [0.2, 0.25) is 0 Å². The molecule has 0 atom stereocenters. The third kappa shape index (κ3) is 3.02. The van der Waals surface area contributed by atoms with Gasteiger partial charge in [0.1, 0.15) is 0 Å². The fraction of sp³-hybridized carbons (Fsp3) is 0.333. The summed E-state index contributed by atoms with van der Waals surface area (Å²) < 4.78 is 6.18. The highest BCUT2D eigenvalue weighted by molar-refractivity contribution is 14.1. The Labute approximate surface area is 119 Å². The number of Topliss-reactive ketones (excluding diaryl/α,β-unsaturated/α-hetero) is 1. The molecule has 90 valence electrons. The fourth-order valence-electron chi connectivity index (χ4n) is 1.67.